The SMILES string of the molecule is C=C[C@@H](NC(=O)[C@@H]1CCCN1C(=O)[C@H](CCc1cnc[nH]1)NC(=O)[C@H](CC(C)CC)NC(=O)[C@H](CCc1ccc(O)cc1)NC(=O)[C@H](CC(C)C)NC(=O)[C@H](CCCCN=C(N)N)NC(=O)CNC)C(=O)O. The average molecular weight is 1010 g/mol. The molecule has 1 saturated heterocycles. The van der Waals surface area contributed by atoms with Crippen LogP contribution < -0.4 is 48.7 Å². The van der Waals surface area contributed by atoms with Crippen LogP contribution in [0.4, 0.5) is 0 Å². The summed E-state index contributed by atoms with van der Waals surface area (Å²) in [6.45, 7) is 11.4. The van der Waals surface area contributed by atoms with Crippen LogP contribution in [0.25, 0.3) is 0 Å². The van der Waals surface area contributed by atoms with E-state index in [1.165, 1.54) is 23.4 Å². The van der Waals surface area contributed by atoms with Crippen LogP contribution >= 0.6 is 0 Å². The van der Waals surface area contributed by atoms with E-state index in [1.54, 1.807) is 25.4 Å². The lowest BCUT2D eigenvalue weighted by Gasteiger charge is -2.31. The number of phenolic OH excluding ortho intramolecular Hbond substituents is 1. The zero-order valence-electron chi connectivity index (χ0n) is 42.2. The number of aromatic nitrogens is 2. The van der Waals surface area contributed by atoms with Gasteiger partial charge in [-0.3, -0.25) is 38.6 Å². The normalized spacial score (nSPS) is 16.1. The summed E-state index contributed by atoms with van der Waals surface area (Å²) in [5.41, 5.74) is 12.3. The number of amides is 7. The van der Waals surface area contributed by atoms with Gasteiger partial charge in [-0.1, -0.05) is 52.3 Å². The first-order valence-electron chi connectivity index (χ1n) is 24.7. The van der Waals surface area contributed by atoms with Gasteiger partial charge in [0.05, 0.1) is 12.9 Å². The molecule has 8 atom stereocenters. The molecule has 1 aromatic carbocycles. The Morgan fingerprint density at radius 1 is 0.833 bits per heavy atom. The number of aromatic hydroxyl groups is 1. The number of nitrogens with one attached hydrogen (secondary N) is 8. The van der Waals surface area contributed by atoms with E-state index in [1.807, 2.05) is 27.7 Å². The third kappa shape index (κ3) is 20.4. The summed E-state index contributed by atoms with van der Waals surface area (Å²) in [5, 5.41) is 38.7. The van der Waals surface area contributed by atoms with E-state index in [0.29, 0.717) is 37.9 Å². The van der Waals surface area contributed by atoms with Crippen molar-refractivity contribution in [2.75, 3.05) is 26.7 Å². The molecule has 1 unspecified atom stereocenters. The van der Waals surface area contributed by atoms with E-state index in [9.17, 15) is 48.6 Å². The summed E-state index contributed by atoms with van der Waals surface area (Å²) in [6, 6.07) is -1.94. The quantitative estimate of drug-likeness (QED) is 0.0199. The molecule has 7 amide bonds. The number of guanidine groups is 1. The topological polar surface area (TPSA) is 358 Å². The van der Waals surface area contributed by atoms with Crippen LogP contribution in [-0.4, -0.2) is 147 Å². The maximum Gasteiger partial charge on any atom is 0.330 e. The minimum atomic E-state index is -1.38. The number of likely N-dealkylation sites (N-methyl/N-ethyl adjacent to an activating group) is 1. The number of aryl methyl sites for hydroxylation is 2. The van der Waals surface area contributed by atoms with Crippen molar-refractivity contribution >= 4 is 53.3 Å². The predicted octanol–water partition coefficient (Wildman–Crippen LogP) is -0.00350. The van der Waals surface area contributed by atoms with Crippen LogP contribution in [-0.2, 0) is 51.2 Å². The molecule has 23 nitrogen and oxygen atoms in total. The molecule has 0 radical (unpaired) electrons. The van der Waals surface area contributed by atoms with Gasteiger partial charge in [-0.15, -0.1) is 6.58 Å². The maximum atomic E-state index is 14.6. The van der Waals surface area contributed by atoms with E-state index in [0.717, 1.165) is 11.6 Å². The number of carboxylic acid groups (broad SMARTS) is 1. The van der Waals surface area contributed by atoms with E-state index in [4.69, 9.17) is 11.5 Å². The molecule has 0 bridgehead atoms. The van der Waals surface area contributed by atoms with Gasteiger partial charge >= 0.3 is 5.97 Å². The zero-order chi connectivity index (χ0) is 53.3. The molecular formula is C49H77N13O10. The first-order chi connectivity index (χ1) is 34.3. The first-order valence-corrected chi connectivity index (χ1v) is 24.7. The molecule has 14 N–H and O–H groups in total. The van der Waals surface area contributed by atoms with Crippen LogP contribution in [0.15, 0.2) is 54.4 Å². The largest absolute Gasteiger partial charge is 0.508 e. The number of unbranched alkanes of at least 4 members (excludes halogenated alkanes) is 1. The Morgan fingerprint density at radius 2 is 1.43 bits per heavy atom. The summed E-state index contributed by atoms with van der Waals surface area (Å²) < 4.78 is 0. The summed E-state index contributed by atoms with van der Waals surface area (Å²) in [4.78, 5) is 122. The summed E-state index contributed by atoms with van der Waals surface area (Å²) in [6.07, 6.45) is 7.53. The Hall–Kier alpha value is -7.04. The Balaban J connectivity index is 1.95. The Labute approximate surface area is 421 Å². The van der Waals surface area contributed by atoms with Gasteiger partial charge in [-0.05, 0) is 107 Å². The number of hydrogen-bond donors (Lipinski definition) is 12. The minimum Gasteiger partial charge on any atom is -0.508 e. The molecule has 398 valence electrons. The van der Waals surface area contributed by atoms with Crippen molar-refractivity contribution in [2.24, 2.45) is 28.3 Å². The number of benzene rings is 1. The Morgan fingerprint density at radius 3 is 2.00 bits per heavy atom. The Bertz CT molecular complexity index is 2130. The van der Waals surface area contributed by atoms with Gasteiger partial charge in [0, 0.05) is 25.0 Å². The van der Waals surface area contributed by atoms with Crippen LogP contribution in [0, 0.1) is 11.8 Å². The fourth-order valence-electron chi connectivity index (χ4n) is 8.13. The van der Waals surface area contributed by atoms with E-state index < -0.39 is 89.6 Å². The van der Waals surface area contributed by atoms with Crippen molar-refractivity contribution in [1.82, 2.24) is 52.1 Å². The molecule has 1 aromatic heterocycles. The van der Waals surface area contributed by atoms with Crippen LogP contribution in [0.3, 0.4) is 0 Å². The number of carbonyl (C=O) groups excluding carboxylic acids is 7. The van der Waals surface area contributed by atoms with Crippen molar-refractivity contribution in [2.45, 2.75) is 147 Å². The van der Waals surface area contributed by atoms with E-state index in [2.05, 4.69) is 58.8 Å². The van der Waals surface area contributed by atoms with Crippen LogP contribution in [0.1, 0.15) is 103 Å². The number of rotatable bonds is 32. The number of nitrogens with zero attached hydrogens (tertiary/aromatic N) is 3. The fraction of sp³-hybridized carbons (Fsp3) is 0.592. The number of hydrogen-bond acceptors (Lipinski definition) is 12. The minimum absolute atomic E-state index is 0.0269. The standard InChI is InChI=1S/C49H77N13O10/c1-7-30(5)25-39(45(68)59-37(21-17-32-26-53-28-55-32)47(70)62-23-11-13-40(62)46(69)57-34(8-2)48(71)72)61-43(66)36(20-16-31-14-18-33(63)19-15-31)58-44(67)38(24-29(3)4)60-42(65)35(56-41(64)27-52-6)12-9-10-22-54-49(50)51/h8,14-15,18-19,26,28-30,34-40,52,63H,2,7,9-13,16-17,20-25,27H2,1,3-6H3,(H,53,55)(H,56,64)(H,57,69)(H,58,67)(H,59,68)(H,60,65)(H,61,66)(H,71,72)(H4,50,51,54)/t30?,34-,35+,36+,37+,38+,39+,40+/m1/s1. The summed E-state index contributed by atoms with van der Waals surface area (Å²) in [5.74, 6) is -6.00. The third-order valence-corrected chi connectivity index (χ3v) is 12.3. The van der Waals surface area contributed by atoms with Gasteiger partial charge < -0.3 is 68.8 Å². The lowest BCUT2D eigenvalue weighted by atomic mass is 9.97. The monoisotopic (exact) mass is 1010 g/mol. The summed E-state index contributed by atoms with van der Waals surface area (Å²) >= 11 is 0. The molecular weight excluding hydrogens is 931 g/mol. The molecule has 1 aliphatic rings. The lowest BCUT2D eigenvalue weighted by Crippen LogP contribution is -2.60. The highest BCUT2D eigenvalue weighted by atomic mass is 16.4. The second kappa shape index (κ2) is 30.6. The van der Waals surface area contributed by atoms with E-state index in [-0.39, 0.29) is 88.0 Å². The second-order valence-electron chi connectivity index (χ2n) is 18.6. The number of aliphatic imine (C=N–C) groups is 1. The van der Waals surface area contributed by atoms with Gasteiger partial charge in [0.25, 0.3) is 0 Å². The number of likely N-dealkylation sites (tertiary alicyclic amines) is 1. The number of nitrogens with two attached hydrogens (primary N) is 2. The number of aromatic amines is 1. The highest BCUT2D eigenvalue weighted by Gasteiger charge is 2.40. The first kappa shape index (κ1) is 59.3. The van der Waals surface area contributed by atoms with Gasteiger partial charge in [0.1, 0.15) is 48.0 Å². The van der Waals surface area contributed by atoms with Crippen LogP contribution in [0.2, 0.25) is 0 Å². The highest BCUT2D eigenvalue weighted by molar-refractivity contribution is 5.97. The van der Waals surface area contributed by atoms with Crippen molar-refractivity contribution < 1.29 is 48.6 Å². The highest BCUT2D eigenvalue weighted by Crippen LogP contribution is 2.21. The fourth-order valence-corrected chi connectivity index (χ4v) is 8.13. The van der Waals surface area contributed by atoms with Gasteiger partial charge in [-0.2, -0.15) is 0 Å². The maximum absolute atomic E-state index is 14.6. The molecule has 1 fully saturated rings. The Kier molecular flexibility index (Phi) is 25.2. The van der Waals surface area contributed by atoms with Crippen LogP contribution in [0.5, 0.6) is 5.75 Å². The molecule has 0 saturated carbocycles. The van der Waals surface area contributed by atoms with Crippen molar-refractivity contribution in [3.63, 3.8) is 0 Å². The smallest absolute Gasteiger partial charge is 0.330 e. The molecule has 0 aliphatic carbocycles. The molecule has 1 aliphatic heterocycles. The van der Waals surface area contributed by atoms with Crippen molar-refractivity contribution in [3.8, 4) is 5.75 Å². The number of H-pyrrole nitrogens is 1. The second-order valence-corrected chi connectivity index (χ2v) is 18.6. The number of phenols is 1. The molecule has 2 heterocycles. The molecule has 72 heavy (non-hydrogen) atoms. The van der Waals surface area contributed by atoms with E-state index >= 15 is 0 Å². The molecule has 2 aromatic rings. The van der Waals surface area contributed by atoms with Gasteiger partial charge in [0.15, 0.2) is 5.96 Å². The van der Waals surface area contributed by atoms with Gasteiger partial charge in [-0.25, -0.2) is 9.78 Å². The number of imidazole rings is 1. The average Bonchev–Trinajstić information content (AvgIpc) is 4.06. The van der Waals surface area contributed by atoms with Crippen molar-refractivity contribution in [1.29, 1.82) is 0 Å². The number of aliphatic carboxylic acids is 1. The third-order valence-electron chi connectivity index (χ3n) is 12.3. The molecule has 3 rings (SSSR count). The predicted molar refractivity (Wildman–Crippen MR) is 269 cm³/mol. The zero-order valence-corrected chi connectivity index (χ0v) is 42.2. The lowest BCUT2D eigenvalue weighted by molar-refractivity contribution is -0.144. The molecule has 23 heteroatoms. The number of carbonyl (C=O) groups is 8. The summed E-state index contributed by atoms with van der Waals surface area (Å²) in [7, 11) is 1.59. The molecule has 0 spiro atoms. The van der Waals surface area contributed by atoms with Crippen molar-refractivity contribution in [3.05, 3.63) is 60.7 Å². The number of carboxylic acids is 1. The van der Waals surface area contributed by atoms with Gasteiger partial charge in [0.2, 0.25) is 41.4 Å².